The Morgan fingerprint density at radius 2 is 1.73 bits per heavy atom. The Balaban J connectivity index is -0.000000140. The monoisotopic (exact) mass is 377 g/mol. The Morgan fingerprint density at radius 3 is 1.82 bits per heavy atom. The number of rotatable bonds is 2. The van der Waals surface area contributed by atoms with Crippen molar-refractivity contribution < 1.29 is 31.1 Å². The van der Waals surface area contributed by atoms with Gasteiger partial charge in [0.1, 0.15) is 0 Å². The van der Waals surface area contributed by atoms with E-state index in [1.165, 1.54) is 6.42 Å². The van der Waals surface area contributed by atoms with Crippen LogP contribution in [-0.4, -0.2) is 6.21 Å². The molecule has 62 valence electrons. The van der Waals surface area contributed by atoms with Crippen LogP contribution in [0.25, 0.3) is 0 Å². The van der Waals surface area contributed by atoms with E-state index in [0.717, 1.165) is 6.42 Å². The molecule has 0 rings (SSSR count). The van der Waals surface area contributed by atoms with Crippen molar-refractivity contribution in [1.82, 2.24) is 0 Å². The van der Waals surface area contributed by atoms with Gasteiger partial charge in [0, 0.05) is 0 Å². The van der Waals surface area contributed by atoms with Crippen molar-refractivity contribution in [3.8, 4) is 0 Å². The van der Waals surface area contributed by atoms with Crippen LogP contribution in [0, 0.1) is 37.7 Å². The summed E-state index contributed by atoms with van der Waals surface area (Å²) >= 11 is 0. The SMILES string of the molecule is CCC.[CH-]=C(C)N=[C-]CC.[U+2]. The Kier molecular flexibility index (Phi) is 26.8. The molecule has 11 heavy (non-hydrogen) atoms. The van der Waals surface area contributed by atoms with E-state index in [2.05, 4.69) is 25.1 Å². The van der Waals surface area contributed by atoms with Gasteiger partial charge in [0.25, 0.3) is 0 Å². The first-order valence-electron chi connectivity index (χ1n) is 3.71. The van der Waals surface area contributed by atoms with Crippen molar-refractivity contribution in [3.63, 3.8) is 0 Å². The average molecular weight is 377 g/mol. The van der Waals surface area contributed by atoms with Gasteiger partial charge < -0.3 is 17.3 Å². The first-order chi connectivity index (χ1) is 4.68. The zero-order chi connectivity index (χ0) is 8.41. The Hall–Kier alpha value is 0.462. The molecule has 0 N–H and O–H groups in total. The molecule has 0 saturated carbocycles. The number of aliphatic imine (C=N–C) groups is 1. The molecule has 0 aromatic rings. The molecular formula is C9H17NU. The molecular weight excluding hydrogens is 360 g/mol. The molecule has 0 aromatic heterocycles. The van der Waals surface area contributed by atoms with Gasteiger partial charge in [-0.15, -0.1) is 6.92 Å². The van der Waals surface area contributed by atoms with Gasteiger partial charge >= 0.3 is 31.1 Å². The minimum atomic E-state index is 0. The Bertz CT molecular complexity index is 97.7. The van der Waals surface area contributed by atoms with Crippen LogP contribution in [0.1, 0.15) is 40.5 Å². The number of nitrogens with zero attached hydrogens (tertiary/aromatic N) is 1. The summed E-state index contributed by atoms with van der Waals surface area (Å²) < 4.78 is 0. The minimum absolute atomic E-state index is 0. The smallest absolute Gasteiger partial charge is 0.598 e. The van der Waals surface area contributed by atoms with E-state index in [0.29, 0.717) is 5.70 Å². The molecule has 0 heterocycles. The predicted octanol–water partition coefficient (Wildman–Crippen LogP) is 3.10. The van der Waals surface area contributed by atoms with Gasteiger partial charge in [-0.2, -0.15) is 6.21 Å². The van der Waals surface area contributed by atoms with Gasteiger partial charge in [-0.05, 0) is 0 Å². The van der Waals surface area contributed by atoms with E-state index in [9.17, 15) is 0 Å². The van der Waals surface area contributed by atoms with Crippen molar-refractivity contribution >= 4 is 6.21 Å². The first kappa shape index (κ1) is 17.5. The predicted molar refractivity (Wildman–Crippen MR) is 47.2 cm³/mol. The van der Waals surface area contributed by atoms with Crippen LogP contribution in [0.2, 0.25) is 0 Å². The second-order valence-corrected chi connectivity index (χ2v) is 1.97. The normalized spacial score (nSPS) is 8.00. The maximum Gasteiger partial charge on any atom is 2.00 e. The molecule has 0 spiro atoms. The van der Waals surface area contributed by atoms with E-state index in [-0.39, 0.29) is 31.1 Å². The first-order valence-corrected chi connectivity index (χ1v) is 3.71. The van der Waals surface area contributed by atoms with Crippen LogP contribution in [0.4, 0.5) is 0 Å². The fourth-order valence-corrected chi connectivity index (χ4v) is 0.204. The molecule has 0 amide bonds. The van der Waals surface area contributed by atoms with E-state index < -0.39 is 0 Å². The van der Waals surface area contributed by atoms with Crippen molar-refractivity contribution in [2.75, 3.05) is 0 Å². The molecule has 0 fully saturated rings. The van der Waals surface area contributed by atoms with Crippen LogP contribution >= 0.6 is 0 Å². The summed E-state index contributed by atoms with van der Waals surface area (Å²) in [6, 6.07) is 0. The van der Waals surface area contributed by atoms with Crippen LogP contribution in [0.15, 0.2) is 10.7 Å². The van der Waals surface area contributed by atoms with Gasteiger partial charge in [0.2, 0.25) is 0 Å². The summed E-state index contributed by atoms with van der Waals surface area (Å²) in [4.78, 5) is 3.69. The largest absolute Gasteiger partial charge is 2.00 e. The third-order valence-electron chi connectivity index (χ3n) is 0.414. The quantitative estimate of drug-likeness (QED) is 0.518. The average Bonchev–Trinajstić information content (AvgIpc) is 1.85. The third kappa shape index (κ3) is 37.6. The molecule has 0 bridgehead atoms. The molecule has 0 atom stereocenters. The van der Waals surface area contributed by atoms with E-state index >= 15 is 0 Å². The molecule has 1 nitrogen and oxygen atoms in total. The summed E-state index contributed by atoms with van der Waals surface area (Å²) in [5.74, 6) is 0. The molecule has 0 aliphatic rings. The van der Waals surface area contributed by atoms with Crippen molar-refractivity contribution in [2.24, 2.45) is 4.99 Å². The van der Waals surface area contributed by atoms with Crippen molar-refractivity contribution in [2.45, 2.75) is 40.5 Å². The second-order valence-electron chi connectivity index (χ2n) is 1.97. The van der Waals surface area contributed by atoms with Crippen LogP contribution in [-0.2, 0) is 0 Å². The fraction of sp³-hybridized carbons (Fsp3) is 0.667. The molecule has 0 radical (unpaired) electrons. The number of hydrogen-bond donors (Lipinski definition) is 0. The molecule has 0 aliphatic carbocycles. The van der Waals surface area contributed by atoms with E-state index in [4.69, 9.17) is 6.58 Å². The topological polar surface area (TPSA) is 12.4 Å². The second kappa shape index (κ2) is 16.8. The van der Waals surface area contributed by atoms with Gasteiger partial charge in [0.15, 0.2) is 0 Å². The molecule has 0 aromatic carbocycles. The summed E-state index contributed by atoms with van der Waals surface area (Å²) in [5, 5.41) is 0. The third-order valence-corrected chi connectivity index (χ3v) is 0.414. The molecule has 0 unspecified atom stereocenters. The molecule has 0 aliphatic heterocycles. The van der Waals surface area contributed by atoms with Gasteiger partial charge in [-0.25, -0.2) is 0 Å². The fourth-order valence-electron chi connectivity index (χ4n) is 0.204. The van der Waals surface area contributed by atoms with Crippen molar-refractivity contribution in [1.29, 1.82) is 0 Å². The summed E-state index contributed by atoms with van der Waals surface area (Å²) in [5.41, 5.74) is 0.571. The summed E-state index contributed by atoms with van der Waals surface area (Å²) in [6.07, 6.45) is 4.79. The Morgan fingerprint density at radius 1 is 1.36 bits per heavy atom. The number of allylic oxidation sites excluding steroid dienone is 1. The van der Waals surface area contributed by atoms with Crippen LogP contribution in [0.3, 0.4) is 0 Å². The molecule has 2 heteroatoms. The number of hydrogen-bond acceptors (Lipinski definition) is 1. The summed E-state index contributed by atoms with van der Waals surface area (Å²) in [7, 11) is 0. The van der Waals surface area contributed by atoms with Crippen molar-refractivity contribution in [3.05, 3.63) is 12.3 Å². The van der Waals surface area contributed by atoms with E-state index in [1.807, 2.05) is 6.92 Å². The Labute approximate surface area is 94.8 Å². The van der Waals surface area contributed by atoms with Gasteiger partial charge in [0.05, 0.1) is 0 Å². The summed E-state index contributed by atoms with van der Waals surface area (Å²) in [6.45, 7) is 13.1. The standard InChI is InChI=1S/C6H9N.C3H8.U/c1-4-5-7-6(2)3;1-3-2;/h2H,4H2,1,3H3;3H2,1-2H3;/q-2;;+2. The zero-order valence-corrected chi connectivity index (χ0v) is 12.1. The zero-order valence-electron chi connectivity index (χ0n) is 7.94. The molecule has 0 saturated heterocycles. The minimum Gasteiger partial charge on any atom is -0.598 e. The maximum absolute atomic E-state index is 5.17. The van der Waals surface area contributed by atoms with Crippen LogP contribution in [0.5, 0.6) is 0 Å². The van der Waals surface area contributed by atoms with Crippen LogP contribution < -0.4 is 0 Å². The van der Waals surface area contributed by atoms with E-state index in [1.54, 1.807) is 6.92 Å². The maximum atomic E-state index is 5.17. The van der Waals surface area contributed by atoms with Gasteiger partial charge in [-0.3, -0.25) is 0 Å². The van der Waals surface area contributed by atoms with Gasteiger partial charge in [-0.1, -0.05) is 33.6 Å².